The van der Waals surface area contributed by atoms with Gasteiger partial charge in [-0.2, -0.15) is 0 Å². The Morgan fingerprint density at radius 3 is 2.28 bits per heavy atom. The predicted molar refractivity (Wildman–Crippen MR) is 76.0 cm³/mol. The van der Waals surface area contributed by atoms with Gasteiger partial charge in [0, 0.05) is 11.3 Å². The second kappa shape index (κ2) is 4.19. The fourth-order valence-electron chi connectivity index (χ4n) is 1.81. The van der Waals surface area contributed by atoms with Gasteiger partial charge in [0.05, 0.1) is 15.6 Å². The van der Waals surface area contributed by atoms with Crippen LogP contribution in [0.4, 0.5) is 5.69 Å². The summed E-state index contributed by atoms with van der Waals surface area (Å²) in [7, 11) is 0. The first-order valence-electron chi connectivity index (χ1n) is 5.35. The summed E-state index contributed by atoms with van der Waals surface area (Å²) in [6.07, 6.45) is 0. The number of anilines is 1. The average Bonchev–Trinajstić information content (AvgIpc) is 2.81. The molecule has 18 heavy (non-hydrogen) atoms. The minimum absolute atomic E-state index is 0.576. The molecule has 0 atom stereocenters. The molecule has 0 amide bonds. The molecule has 0 bridgehead atoms. The number of nitrogens with zero attached hydrogens (tertiary/aromatic N) is 1. The Balaban J connectivity index is 2.22. The number of benzene rings is 2. The van der Waals surface area contributed by atoms with Crippen LogP contribution in [0.15, 0.2) is 36.4 Å². The van der Waals surface area contributed by atoms with Gasteiger partial charge < -0.3 is 10.7 Å². The summed E-state index contributed by atoms with van der Waals surface area (Å²) in [4.78, 5) is 7.63. The third-order valence-electron chi connectivity index (χ3n) is 2.73. The quantitative estimate of drug-likeness (QED) is 0.658. The highest BCUT2D eigenvalue weighted by atomic mass is 35.5. The molecule has 5 heteroatoms. The number of imidazole rings is 1. The van der Waals surface area contributed by atoms with Crippen molar-refractivity contribution in [2.24, 2.45) is 0 Å². The number of nitrogens with two attached hydrogens (primary N) is 1. The zero-order valence-electron chi connectivity index (χ0n) is 9.24. The van der Waals surface area contributed by atoms with Gasteiger partial charge >= 0.3 is 0 Å². The molecule has 0 aliphatic carbocycles. The Hall–Kier alpha value is -1.71. The van der Waals surface area contributed by atoms with Crippen LogP contribution < -0.4 is 5.73 Å². The van der Waals surface area contributed by atoms with E-state index >= 15 is 0 Å². The maximum Gasteiger partial charge on any atom is 0.138 e. The van der Waals surface area contributed by atoms with Crippen molar-refractivity contribution in [3.05, 3.63) is 46.4 Å². The lowest BCUT2D eigenvalue weighted by Gasteiger charge is -1.96. The zero-order chi connectivity index (χ0) is 12.7. The van der Waals surface area contributed by atoms with Crippen LogP contribution in [0, 0.1) is 0 Å². The number of nitrogens with one attached hydrogen (secondary N) is 1. The summed E-state index contributed by atoms with van der Waals surface area (Å²) in [6, 6.07) is 10.9. The number of nitrogen functional groups attached to an aromatic ring is 1. The van der Waals surface area contributed by atoms with Crippen molar-refractivity contribution in [2.75, 3.05) is 5.73 Å². The third kappa shape index (κ3) is 1.82. The molecule has 0 radical (unpaired) electrons. The van der Waals surface area contributed by atoms with E-state index in [1.807, 2.05) is 24.3 Å². The van der Waals surface area contributed by atoms with Crippen molar-refractivity contribution < 1.29 is 0 Å². The monoisotopic (exact) mass is 277 g/mol. The molecule has 3 nitrogen and oxygen atoms in total. The third-order valence-corrected chi connectivity index (χ3v) is 3.35. The second-order valence-electron chi connectivity index (χ2n) is 3.96. The molecular weight excluding hydrogens is 269 g/mol. The summed E-state index contributed by atoms with van der Waals surface area (Å²) in [5, 5.41) is 1.18. The van der Waals surface area contributed by atoms with Crippen LogP contribution in [0.2, 0.25) is 10.0 Å². The molecule has 0 saturated heterocycles. The lowest BCUT2D eigenvalue weighted by molar-refractivity contribution is 1.34. The number of aromatic amines is 1. The number of hydrogen-bond donors (Lipinski definition) is 2. The van der Waals surface area contributed by atoms with Crippen LogP contribution in [-0.2, 0) is 0 Å². The molecule has 1 heterocycles. The van der Waals surface area contributed by atoms with Crippen LogP contribution in [-0.4, -0.2) is 9.97 Å². The highest BCUT2D eigenvalue weighted by Crippen LogP contribution is 2.30. The van der Waals surface area contributed by atoms with Gasteiger partial charge in [0.15, 0.2) is 0 Å². The van der Waals surface area contributed by atoms with Crippen molar-refractivity contribution in [1.29, 1.82) is 0 Å². The Bertz CT molecular complexity index is 678. The summed E-state index contributed by atoms with van der Waals surface area (Å²) >= 11 is 12.2. The maximum atomic E-state index is 6.11. The summed E-state index contributed by atoms with van der Waals surface area (Å²) in [5.74, 6) is 0.722. The van der Waals surface area contributed by atoms with Crippen molar-refractivity contribution in [1.82, 2.24) is 9.97 Å². The molecule has 1 aromatic heterocycles. The number of rotatable bonds is 1. The fraction of sp³-hybridized carbons (Fsp3) is 0. The summed E-state index contributed by atoms with van der Waals surface area (Å²) in [6.45, 7) is 0. The first-order valence-corrected chi connectivity index (χ1v) is 6.10. The van der Waals surface area contributed by atoms with Gasteiger partial charge in [-0.3, -0.25) is 0 Å². The molecule has 90 valence electrons. The summed E-state index contributed by atoms with van der Waals surface area (Å²) in [5.41, 5.74) is 8.73. The Labute approximate surface area is 114 Å². The number of aromatic nitrogens is 2. The van der Waals surface area contributed by atoms with E-state index in [4.69, 9.17) is 28.9 Å². The van der Waals surface area contributed by atoms with Crippen molar-refractivity contribution in [3.8, 4) is 11.4 Å². The molecule has 0 spiro atoms. The normalized spacial score (nSPS) is 11.0. The largest absolute Gasteiger partial charge is 0.399 e. The fourth-order valence-corrected chi connectivity index (χ4v) is 2.20. The van der Waals surface area contributed by atoms with E-state index in [0.29, 0.717) is 21.2 Å². The van der Waals surface area contributed by atoms with Gasteiger partial charge in [-0.05, 0) is 36.4 Å². The van der Waals surface area contributed by atoms with Gasteiger partial charge in [-0.25, -0.2) is 4.98 Å². The van der Waals surface area contributed by atoms with Gasteiger partial charge in [0.25, 0.3) is 0 Å². The topological polar surface area (TPSA) is 54.7 Å². The highest BCUT2D eigenvalue weighted by molar-refractivity contribution is 6.39. The lowest BCUT2D eigenvalue weighted by Crippen LogP contribution is -1.84. The van der Waals surface area contributed by atoms with Gasteiger partial charge in [0.2, 0.25) is 0 Å². The first-order chi connectivity index (χ1) is 8.65. The maximum absolute atomic E-state index is 6.11. The highest BCUT2D eigenvalue weighted by Gasteiger charge is 2.10. The Morgan fingerprint density at radius 1 is 0.944 bits per heavy atom. The van der Waals surface area contributed by atoms with Crippen molar-refractivity contribution >= 4 is 39.9 Å². The molecular formula is C13H9Cl2N3. The minimum atomic E-state index is 0.576. The molecule has 0 aliphatic heterocycles. The molecule has 0 unspecified atom stereocenters. The first kappa shape index (κ1) is 11.4. The van der Waals surface area contributed by atoms with Crippen LogP contribution >= 0.6 is 23.2 Å². The van der Waals surface area contributed by atoms with Gasteiger partial charge in [0.1, 0.15) is 11.3 Å². The van der Waals surface area contributed by atoms with E-state index in [9.17, 15) is 0 Å². The second-order valence-corrected chi connectivity index (χ2v) is 4.77. The zero-order valence-corrected chi connectivity index (χ0v) is 10.8. The van der Waals surface area contributed by atoms with E-state index in [-0.39, 0.29) is 0 Å². The molecule has 2 aromatic carbocycles. The van der Waals surface area contributed by atoms with Crippen LogP contribution in [0.3, 0.4) is 0 Å². The summed E-state index contributed by atoms with van der Waals surface area (Å²) < 4.78 is 0. The number of H-pyrrole nitrogens is 1. The molecule has 3 aromatic rings. The molecule has 3 N–H and O–H groups in total. The molecule has 0 aliphatic rings. The lowest BCUT2D eigenvalue weighted by atomic mass is 10.2. The van der Waals surface area contributed by atoms with Crippen molar-refractivity contribution in [2.45, 2.75) is 0 Å². The van der Waals surface area contributed by atoms with Crippen LogP contribution in [0.5, 0.6) is 0 Å². The Morgan fingerprint density at radius 2 is 1.61 bits per heavy atom. The van der Waals surface area contributed by atoms with Gasteiger partial charge in [-0.15, -0.1) is 0 Å². The van der Waals surface area contributed by atoms with E-state index < -0.39 is 0 Å². The van der Waals surface area contributed by atoms with Crippen LogP contribution in [0.25, 0.3) is 22.4 Å². The smallest absolute Gasteiger partial charge is 0.138 e. The number of fused-ring (bicyclic) bond motifs is 1. The van der Waals surface area contributed by atoms with E-state index in [1.54, 1.807) is 12.1 Å². The van der Waals surface area contributed by atoms with Crippen molar-refractivity contribution in [3.63, 3.8) is 0 Å². The average molecular weight is 278 g/mol. The SMILES string of the molecule is Nc1ccc(-c2nc3c(Cl)ccc(Cl)c3[nH]2)cc1. The van der Waals surface area contributed by atoms with E-state index in [1.165, 1.54) is 0 Å². The minimum Gasteiger partial charge on any atom is -0.399 e. The van der Waals surface area contributed by atoms with Crippen LogP contribution in [0.1, 0.15) is 0 Å². The number of hydrogen-bond acceptors (Lipinski definition) is 2. The van der Waals surface area contributed by atoms with E-state index in [0.717, 1.165) is 16.9 Å². The standard InChI is InChI=1S/C13H9Cl2N3/c14-9-5-6-10(15)12-11(9)17-13(18-12)7-1-3-8(16)4-2-7/h1-6H,16H2,(H,17,18). The van der Waals surface area contributed by atoms with Gasteiger partial charge in [-0.1, -0.05) is 23.2 Å². The Kier molecular flexibility index (Phi) is 2.65. The molecule has 0 fully saturated rings. The molecule has 0 saturated carbocycles. The predicted octanol–water partition coefficient (Wildman–Crippen LogP) is 4.12. The number of halogens is 2. The van der Waals surface area contributed by atoms with E-state index in [2.05, 4.69) is 9.97 Å². The molecule has 3 rings (SSSR count).